The summed E-state index contributed by atoms with van der Waals surface area (Å²) in [6.45, 7) is 4.27. The summed E-state index contributed by atoms with van der Waals surface area (Å²) in [6.07, 6.45) is 11.1. The van der Waals surface area contributed by atoms with Crippen LogP contribution in [0.15, 0.2) is 23.3 Å². The lowest BCUT2D eigenvalue weighted by Gasteiger charge is -2.13. The molecule has 18 heavy (non-hydrogen) atoms. The quantitative estimate of drug-likeness (QED) is 0.477. The van der Waals surface area contributed by atoms with E-state index in [-0.39, 0.29) is 11.6 Å². The fourth-order valence-corrected chi connectivity index (χ4v) is 2.22. The van der Waals surface area contributed by atoms with Gasteiger partial charge in [-0.3, -0.25) is 9.59 Å². The number of Topliss-reactive ketones (excluding diaryl/α,β-unsaturated/α-hetero) is 1. The van der Waals surface area contributed by atoms with Gasteiger partial charge in [0, 0.05) is 11.1 Å². The molecule has 0 aromatic carbocycles. The average molecular weight is 248 g/mol. The molecule has 1 aliphatic carbocycles. The number of carbonyl (C=O) groups excluding carboxylic acids is 2. The summed E-state index contributed by atoms with van der Waals surface area (Å²) in [5.41, 5.74) is 1.45. The highest BCUT2D eigenvalue weighted by Gasteiger charge is 2.20. The first-order valence-corrected chi connectivity index (χ1v) is 7.18. The van der Waals surface area contributed by atoms with Crippen molar-refractivity contribution < 1.29 is 9.59 Å². The van der Waals surface area contributed by atoms with Crippen LogP contribution in [0.1, 0.15) is 65.2 Å². The van der Waals surface area contributed by atoms with Gasteiger partial charge in [0.25, 0.3) is 0 Å². The molecule has 0 saturated heterocycles. The minimum atomic E-state index is -0.00685. The van der Waals surface area contributed by atoms with E-state index < -0.39 is 0 Å². The first-order chi connectivity index (χ1) is 8.69. The molecule has 0 spiro atoms. The zero-order chi connectivity index (χ0) is 13.4. The van der Waals surface area contributed by atoms with Crippen LogP contribution < -0.4 is 0 Å². The summed E-state index contributed by atoms with van der Waals surface area (Å²) in [4.78, 5) is 23.8. The summed E-state index contributed by atoms with van der Waals surface area (Å²) in [5.74, 6) is 0.106. The molecule has 0 saturated carbocycles. The van der Waals surface area contributed by atoms with Crippen LogP contribution in [0.2, 0.25) is 0 Å². The fraction of sp³-hybridized carbons (Fsp3) is 0.625. The number of hydrogen-bond acceptors (Lipinski definition) is 2. The first-order valence-electron chi connectivity index (χ1n) is 7.18. The monoisotopic (exact) mass is 248 g/mol. The van der Waals surface area contributed by atoms with Crippen LogP contribution in [0.4, 0.5) is 0 Å². The highest BCUT2D eigenvalue weighted by molar-refractivity contribution is 6.20. The summed E-state index contributed by atoms with van der Waals surface area (Å²) in [5, 5.41) is 0. The van der Waals surface area contributed by atoms with Crippen molar-refractivity contribution in [2.75, 3.05) is 0 Å². The second-order valence-corrected chi connectivity index (χ2v) is 4.98. The van der Waals surface area contributed by atoms with Crippen LogP contribution in [0.3, 0.4) is 0 Å². The molecule has 100 valence electrons. The van der Waals surface area contributed by atoms with Gasteiger partial charge < -0.3 is 0 Å². The van der Waals surface area contributed by atoms with E-state index in [1.165, 1.54) is 12.2 Å². The molecule has 0 atom stereocenters. The number of carbonyl (C=O) groups is 2. The predicted molar refractivity (Wildman–Crippen MR) is 74.5 cm³/mol. The summed E-state index contributed by atoms with van der Waals surface area (Å²) in [7, 11) is 0. The van der Waals surface area contributed by atoms with Gasteiger partial charge in [0.2, 0.25) is 0 Å². The van der Waals surface area contributed by atoms with Crippen LogP contribution in [-0.4, -0.2) is 11.6 Å². The third-order valence-electron chi connectivity index (χ3n) is 3.32. The zero-order valence-electron chi connectivity index (χ0n) is 11.6. The van der Waals surface area contributed by atoms with E-state index in [2.05, 4.69) is 13.8 Å². The minimum Gasteiger partial charge on any atom is -0.290 e. The maximum atomic E-state index is 12.2. The molecular formula is C16H24O2. The first kappa shape index (κ1) is 14.9. The largest absolute Gasteiger partial charge is 0.290 e. The second-order valence-electron chi connectivity index (χ2n) is 4.98. The van der Waals surface area contributed by atoms with Gasteiger partial charge in [0.1, 0.15) is 0 Å². The molecule has 0 aromatic rings. The highest BCUT2D eigenvalue weighted by Crippen LogP contribution is 2.22. The lowest BCUT2D eigenvalue weighted by Crippen LogP contribution is -2.14. The number of allylic oxidation sites excluding steroid dienone is 4. The molecule has 0 bridgehead atoms. The molecule has 0 amide bonds. The molecule has 0 fully saturated rings. The van der Waals surface area contributed by atoms with Crippen molar-refractivity contribution in [1.82, 2.24) is 0 Å². The lowest BCUT2D eigenvalue weighted by atomic mass is 9.89. The molecule has 2 heteroatoms. The van der Waals surface area contributed by atoms with Crippen LogP contribution in [0.25, 0.3) is 0 Å². The second kappa shape index (κ2) is 8.02. The zero-order valence-corrected chi connectivity index (χ0v) is 11.6. The molecule has 0 radical (unpaired) electrons. The fourth-order valence-electron chi connectivity index (χ4n) is 2.22. The SMILES string of the molecule is CCCCCC1=CC(=O)C=C(CCCCC)C1=O. The Kier molecular flexibility index (Phi) is 6.63. The van der Waals surface area contributed by atoms with E-state index in [4.69, 9.17) is 0 Å². The van der Waals surface area contributed by atoms with E-state index in [1.807, 2.05) is 0 Å². The molecule has 1 aliphatic rings. The van der Waals surface area contributed by atoms with E-state index in [0.29, 0.717) is 0 Å². The van der Waals surface area contributed by atoms with Gasteiger partial charge in [0.15, 0.2) is 11.6 Å². The van der Waals surface area contributed by atoms with Gasteiger partial charge in [-0.25, -0.2) is 0 Å². The van der Waals surface area contributed by atoms with Gasteiger partial charge >= 0.3 is 0 Å². The van der Waals surface area contributed by atoms with E-state index in [1.54, 1.807) is 0 Å². The normalized spacial score (nSPS) is 15.7. The summed E-state index contributed by atoms with van der Waals surface area (Å²) < 4.78 is 0. The molecule has 0 N–H and O–H groups in total. The molecule has 0 aliphatic heterocycles. The van der Waals surface area contributed by atoms with Crippen molar-refractivity contribution in [1.29, 1.82) is 0 Å². The molecule has 0 heterocycles. The molecule has 0 aromatic heterocycles. The van der Waals surface area contributed by atoms with Crippen molar-refractivity contribution in [2.45, 2.75) is 65.2 Å². The highest BCUT2D eigenvalue weighted by atomic mass is 16.1. The smallest absolute Gasteiger partial charge is 0.185 e. The van der Waals surface area contributed by atoms with E-state index >= 15 is 0 Å². The van der Waals surface area contributed by atoms with Gasteiger partial charge in [-0.1, -0.05) is 39.5 Å². The number of rotatable bonds is 8. The minimum absolute atomic E-state index is 0.00685. The van der Waals surface area contributed by atoms with Gasteiger partial charge in [-0.2, -0.15) is 0 Å². The van der Waals surface area contributed by atoms with Gasteiger partial charge in [0.05, 0.1) is 0 Å². The molecule has 0 unspecified atom stereocenters. The van der Waals surface area contributed by atoms with Crippen LogP contribution >= 0.6 is 0 Å². The third kappa shape index (κ3) is 4.59. The van der Waals surface area contributed by atoms with Crippen molar-refractivity contribution in [3.05, 3.63) is 23.3 Å². The summed E-state index contributed by atoms with van der Waals surface area (Å²) in [6, 6.07) is 0. The average Bonchev–Trinajstić information content (AvgIpc) is 2.35. The van der Waals surface area contributed by atoms with E-state index in [9.17, 15) is 9.59 Å². The van der Waals surface area contributed by atoms with Crippen molar-refractivity contribution in [3.63, 3.8) is 0 Å². The van der Waals surface area contributed by atoms with Crippen LogP contribution in [-0.2, 0) is 9.59 Å². The third-order valence-corrected chi connectivity index (χ3v) is 3.32. The standard InChI is InChI=1S/C16H24O2/c1-3-5-7-9-13-11-15(17)12-14(16(13)18)10-8-6-4-2/h11-12H,3-10H2,1-2H3. The Morgan fingerprint density at radius 1 is 0.778 bits per heavy atom. The molecule has 2 nitrogen and oxygen atoms in total. The summed E-state index contributed by atoms with van der Waals surface area (Å²) >= 11 is 0. The Hall–Kier alpha value is -1.18. The van der Waals surface area contributed by atoms with Crippen molar-refractivity contribution >= 4 is 11.6 Å². The Morgan fingerprint density at radius 3 is 1.61 bits per heavy atom. The van der Waals surface area contributed by atoms with E-state index in [0.717, 1.165) is 62.5 Å². The Morgan fingerprint density at radius 2 is 1.22 bits per heavy atom. The topological polar surface area (TPSA) is 34.1 Å². The molecule has 1 rings (SSSR count). The van der Waals surface area contributed by atoms with Gasteiger partial charge in [-0.15, -0.1) is 0 Å². The van der Waals surface area contributed by atoms with Crippen molar-refractivity contribution in [2.24, 2.45) is 0 Å². The maximum Gasteiger partial charge on any atom is 0.185 e. The number of unbranched alkanes of at least 4 members (excludes halogenated alkanes) is 4. The number of ketones is 2. The van der Waals surface area contributed by atoms with Crippen LogP contribution in [0.5, 0.6) is 0 Å². The Labute approximate surface area is 110 Å². The Bertz CT molecular complexity index is 329. The lowest BCUT2D eigenvalue weighted by molar-refractivity contribution is -0.115. The van der Waals surface area contributed by atoms with Crippen molar-refractivity contribution in [3.8, 4) is 0 Å². The van der Waals surface area contributed by atoms with Gasteiger partial charge in [-0.05, 0) is 37.8 Å². The molecular weight excluding hydrogens is 224 g/mol. The Balaban J connectivity index is 2.56. The van der Waals surface area contributed by atoms with Crippen LogP contribution in [0, 0.1) is 0 Å². The predicted octanol–water partition coefficient (Wildman–Crippen LogP) is 4.15. The number of hydrogen-bond donors (Lipinski definition) is 0. The maximum absolute atomic E-state index is 12.2.